The summed E-state index contributed by atoms with van der Waals surface area (Å²) in [6.45, 7) is 0.0126. The van der Waals surface area contributed by atoms with E-state index in [1.165, 1.54) is 18.3 Å². The fraction of sp³-hybridized carbons (Fsp3) is 0.154. The minimum Gasteiger partial charge on any atom is -0.465 e. The maximum atomic E-state index is 14.0. The molecule has 1 unspecified atom stereocenters. The van der Waals surface area contributed by atoms with E-state index >= 15 is 0 Å². The summed E-state index contributed by atoms with van der Waals surface area (Å²) in [5.41, 5.74) is 0.0346. The van der Waals surface area contributed by atoms with Crippen LogP contribution in [0.1, 0.15) is 11.2 Å². The number of alkyl halides is 1. The molecular formula is C13H9ClFIN4O2. The topological polar surface area (TPSA) is 70.7 Å². The Morgan fingerprint density at radius 3 is 3.00 bits per heavy atom. The van der Waals surface area contributed by atoms with Gasteiger partial charge in [0.25, 0.3) is 0 Å². The number of rotatable bonds is 1. The highest BCUT2D eigenvalue weighted by Gasteiger charge is 2.34. The Labute approximate surface area is 143 Å². The average Bonchev–Trinajstić information content (AvgIpc) is 2.92. The molecule has 1 aliphatic rings. The zero-order chi connectivity index (χ0) is 15.9. The summed E-state index contributed by atoms with van der Waals surface area (Å²) in [4.78, 5) is 20.6. The lowest BCUT2D eigenvalue weighted by atomic mass is 10.2. The van der Waals surface area contributed by atoms with Crippen LogP contribution in [0.2, 0.25) is 0 Å². The van der Waals surface area contributed by atoms with Crippen LogP contribution in [-0.2, 0) is 6.67 Å². The zero-order valence-electron chi connectivity index (χ0n) is 10.9. The number of hydrogen-bond acceptors (Lipinski definition) is 3. The number of aliphatic imine (C=N–C) groups is 1. The maximum absolute atomic E-state index is 14.0. The lowest BCUT2D eigenvalue weighted by molar-refractivity contribution is 0.157. The minimum absolute atomic E-state index is 0.0126. The molecule has 6 nitrogen and oxygen atoms in total. The fourth-order valence-corrected chi connectivity index (χ4v) is 2.92. The molecule has 1 aliphatic heterocycles. The Morgan fingerprint density at radius 2 is 2.32 bits per heavy atom. The van der Waals surface area contributed by atoms with Gasteiger partial charge in [0.2, 0.25) is 0 Å². The summed E-state index contributed by atoms with van der Waals surface area (Å²) in [6, 6.07) is 4.48. The molecule has 9 heteroatoms. The van der Waals surface area contributed by atoms with Crippen LogP contribution in [0.5, 0.6) is 0 Å². The Kier molecular flexibility index (Phi) is 4.04. The van der Waals surface area contributed by atoms with Gasteiger partial charge >= 0.3 is 6.09 Å². The van der Waals surface area contributed by atoms with Crippen LogP contribution < -0.4 is 0 Å². The van der Waals surface area contributed by atoms with Crippen LogP contribution >= 0.6 is 34.2 Å². The molecule has 1 atom stereocenters. The van der Waals surface area contributed by atoms with Crippen molar-refractivity contribution in [1.82, 2.24) is 14.5 Å². The van der Waals surface area contributed by atoms with Crippen LogP contribution in [0.25, 0.3) is 0 Å². The van der Waals surface area contributed by atoms with E-state index < -0.39 is 17.3 Å². The second-order valence-electron chi connectivity index (χ2n) is 4.54. The number of nitrogens with zero attached hydrogens (tertiary/aromatic N) is 4. The maximum Gasteiger partial charge on any atom is 0.414 e. The number of halogens is 3. The van der Waals surface area contributed by atoms with Crippen LogP contribution in [0.4, 0.5) is 14.9 Å². The third-order valence-corrected chi connectivity index (χ3v) is 4.21. The molecule has 1 aromatic heterocycles. The van der Waals surface area contributed by atoms with Crippen LogP contribution in [0, 0.1) is 9.39 Å². The molecule has 114 valence electrons. The highest BCUT2D eigenvalue weighted by molar-refractivity contribution is 14.1. The van der Waals surface area contributed by atoms with Gasteiger partial charge in [0.05, 0.1) is 0 Å². The first-order chi connectivity index (χ1) is 10.5. The monoisotopic (exact) mass is 434 g/mol. The molecule has 3 rings (SSSR count). The first-order valence-electron chi connectivity index (χ1n) is 6.16. The van der Waals surface area contributed by atoms with Gasteiger partial charge < -0.3 is 9.67 Å². The number of benzene rings is 1. The molecular weight excluding hydrogens is 426 g/mol. The number of amides is 1. The van der Waals surface area contributed by atoms with Crippen molar-refractivity contribution in [3.05, 3.63) is 45.8 Å². The Hall–Kier alpha value is -1.68. The van der Waals surface area contributed by atoms with Crippen molar-refractivity contribution in [2.75, 3.05) is 0 Å². The predicted molar refractivity (Wildman–Crippen MR) is 86.9 cm³/mol. The number of carboxylic acid groups (broad SMARTS) is 1. The first kappa shape index (κ1) is 15.2. The summed E-state index contributed by atoms with van der Waals surface area (Å²) in [6.07, 6.45) is 1.94. The number of hydrogen-bond donors (Lipinski definition) is 1. The van der Waals surface area contributed by atoms with Crippen molar-refractivity contribution in [3.63, 3.8) is 0 Å². The van der Waals surface area contributed by atoms with E-state index in [4.69, 9.17) is 11.6 Å². The van der Waals surface area contributed by atoms with Crippen molar-refractivity contribution in [2.45, 2.75) is 12.0 Å². The van der Waals surface area contributed by atoms with E-state index in [-0.39, 0.29) is 18.2 Å². The minimum atomic E-state index is -1.21. The number of fused-ring (bicyclic) bond motifs is 1. The highest BCUT2D eigenvalue weighted by Crippen LogP contribution is 2.31. The summed E-state index contributed by atoms with van der Waals surface area (Å²) in [5, 5.41) is 8.46. The molecule has 0 saturated carbocycles. The third-order valence-electron chi connectivity index (χ3n) is 3.15. The van der Waals surface area contributed by atoms with Gasteiger partial charge in [-0.3, -0.25) is 0 Å². The standard InChI is InChI=1S/C13H9ClFIN4O2/c14-10-11-17-3-4-19(11)6-20(13(21)22)12(10)18-9-2-1-7(16)5-8(9)15/h1-5,10H,6H2,(H,21,22). The number of imidazole rings is 1. The van der Waals surface area contributed by atoms with Gasteiger partial charge in [-0.25, -0.2) is 24.1 Å². The highest BCUT2D eigenvalue weighted by atomic mass is 127. The van der Waals surface area contributed by atoms with Crippen molar-refractivity contribution in [1.29, 1.82) is 0 Å². The average molecular weight is 435 g/mol. The van der Waals surface area contributed by atoms with Gasteiger partial charge in [-0.1, -0.05) is 0 Å². The van der Waals surface area contributed by atoms with Crippen LogP contribution in [0.15, 0.2) is 35.6 Å². The molecule has 22 heavy (non-hydrogen) atoms. The normalized spacial score (nSPS) is 19.3. The molecule has 1 amide bonds. The summed E-state index contributed by atoms with van der Waals surface area (Å²) >= 11 is 8.26. The van der Waals surface area contributed by atoms with Crippen LogP contribution in [-0.4, -0.2) is 31.5 Å². The second kappa shape index (κ2) is 5.84. The van der Waals surface area contributed by atoms with Gasteiger partial charge in [-0.15, -0.1) is 11.6 Å². The molecule has 0 bridgehead atoms. The molecule has 0 aliphatic carbocycles. The molecule has 0 radical (unpaired) electrons. The quantitative estimate of drug-likeness (QED) is 0.551. The van der Waals surface area contributed by atoms with E-state index in [0.29, 0.717) is 5.82 Å². The smallest absolute Gasteiger partial charge is 0.414 e. The Balaban J connectivity index is 2.09. The molecule has 2 heterocycles. The molecule has 0 spiro atoms. The molecule has 0 fully saturated rings. The SMILES string of the molecule is O=C(O)N1Cn2ccnc2C(Cl)C1=Nc1ccc(I)cc1F. The van der Waals surface area contributed by atoms with Crippen molar-refractivity contribution >= 4 is 51.8 Å². The van der Waals surface area contributed by atoms with E-state index in [2.05, 4.69) is 9.98 Å². The molecule has 0 saturated heterocycles. The number of amidine groups is 1. The lowest BCUT2D eigenvalue weighted by Gasteiger charge is -2.30. The third kappa shape index (κ3) is 2.68. The number of aromatic nitrogens is 2. The van der Waals surface area contributed by atoms with Gasteiger partial charge in [0.15, 0.2) is 0 Å². The summed E-state index contributed by atoms with van der Waals surface area (Å²) in [7, 11) is 0. The lowest BCUT2D eigenvalue weighted by Crippen LogP contribution is -2.43. The van der Waals surface area contributed by atoms with E-state index in [0.717, 1.165) is 8.47 Å². The summed E-state index contributed by atoms with van der Waals surface area (Å²) < 4.78 is 16.3. The van der Waals surface area contributed by atoms with Crippen molar-refractivity contribution < 1.29 is 14.3 Å². The van der Waals surface area contributed by atoms with Gasteiger partial charge in [0, 0.05) is 16.0 Å². The van der Waals surface area contributed by atoms with Crippen LogP contribution in [0.3, 0.4) is 0 Å². The first-order valence-corrected chi connectivity index (χ1v) is 7.68. The molecule has 1 N–H and O–H groups in total. The van der Waals surface area contributed by atoms with Gasteiger partial charge in [0.1, 0.15) is 35.2 Å². The van der Waals surface area contributed by atoms with E-state index in [1.54, 1.807) is 16.8 Å². The molecule has 2 aromatic rings. The molecule has 1 aromatic carbocycles. The Bertz CT molecular complexity index is 779. The van der Waals surface area contributed by atoms with E-state index in [1.807, 2.05) is 22.6 Å². The van der Waals surface area contributed by atoms with Gasteiger partial charge in [-0.05, 0) is 40.8 Å². The van der Waals surface area contributed by atoms with Crippen molar-refractivity contribution in [3.8, 4) is 0 Å². The second-order valence-corrected chi connectivity index (χ2v) is 6.22. The van der Waals surface area contributed by atoms with E-state index in [9.17, 15) is 14.3 Å². The summed E-state index contributed by atoms with van der Waals surface area (Å²) in [5.74, 6) is -0.0284. The Morgan fingerprint density at radius 1 is 1.55 bits per heavy atom. The zero-order valence-corrected chi connectivity index (χ0v) is 13.9. The fourth-order valence-electron chi connectivity index (χ4n) is 2.12. The van der Waals surface area contributed by atoms with Gasteiger partial charge in [-0.2, -0.15) is 0 Å². The number of carbonyl (C=O) groups is 1. The largest absolute Gasteiger partial charge is 0.465 e. The predicted octanol–water partition coefficient (Wildman–Crippen LogP) is 3.59. The van der Waals surface area contributed by atoms with Crippen molar-refractivity contribution in [2.24, 2.45) is 4.99 Å².